The Morgan fingerprint density at radius 3 is 2.53 bits per heavy atom. The number of hydroxylamine groups is 1. The van der Waals surface area contributed by atoms with Crippen LogP contribution in [0.4, 0.5) is 5.69 Å². The molecule has 2 amide bonds. The van der Waals surface area contributed by atoms with Gasteiger partial charge in [-0.2, -0.15) is 0 Å². The first-order valence-corrected chi connectivity index (χ1v) is 10.1. The van der Waals surface area contributed by atoms with Gasteiger partial charge in [0, 0.05) is 24.3 Å². The predicted octanol–water partition coefficient (Wildman–Crippen LogP) is 3.46. The smallest absolute Gasteiger partial charge is 0.274 e. The summed E-state index contributed by atoms with van der Waals surface area (Å²) in [5.41, 5.74) is 4.09. The minimum Gasteiger partial charge on any atom is -0.359 e. The van der Waals surface area contributed by atoms with Crippen LogP contribution in [0.3, 0.4) is 0 Å². The Morgan fingerprint density at radius 1 is 1.13 bits per heavy atom. The van der Waals surface area contributed by atoms with Crippen molar-refractivity contribution >= 4 is 28.3 Å². The van der Waals surface area contributed by atoms with Crippen molar-refractivity contribution in [1.29, 1.82) is 0 Å². The van der Waals surface area contributed by atoms with Crippen molar-refractivity contribution < 1.29 is 14.8 Å². The number of benzene rings is 3. The highest BCUT2D eigenvalue weighted by Crippen LogP contribution is 2.28. The Balaban J connectivity index is 1.62. The fourth-order valence-corrected chi connectivity index (χ4v) is 4.07. The fraction of sp³-hybridized carbons (Fsp3) is 0.250. The summed E-state index contributed by atoms with van der Waals surface area (Å²) < 4.78 is 0. The number of anilines is 1. The molecule has 4 rings (SSSR count). The number of fused-ring (bicyclic) bond motifs is 1. The molecule has 0 saturated carbocycles. The van der Waals surface area contributed by atoms with Gasteiger partial charge in [-0.05, 0) is 52.9 Å². The van der Waals surface area contributed by atoms with Crippen molar-refractivity contribution in [3.63, 3.8) is 0 Å². The topological polar surface area (TPSA) is 81.7 Å². The van der Waals surface area contributed by atoms with E-state index in [-0.39, 0.29) is 17.9 Å². The zero-order valence-corrected chi connectivity index (χ0v) is 16.8. The average molecular weight is 403 g/mol. The Kier molecular flexibility index (Phi) is 5.68. The van der Waals surface area contributed by atoms with E-state index in [2.05, 4.69) is 47.5 Å². The van der Waals surface area contributed by atoms with E-state index >= 15 is 0 Å². The van der Waals surface area contributed by atoms with Crippen LogP contribution in [0.25, 0.3) is 10.8 Å². The van der Waals surface area contributed by atoms with Crippen molar-refractivity contribution in [2.24, 2.45) is 0 Å². The molecule has 1 saturated heterocycles. The third-order valence-electron chi connectivity index (χ3n) is 5.77. The molecule has 1 heterocycles. The molecule has 0 aliphatic carbocycles. The van der Waals surface area contributed by atoms with Crippen LogP contribution in [0.1, 0.15) is 35.2 Å². The maximum Gasteiger partial charge on any atom is 0.274 e. The molecule has 3 N–H and O–H groups in total. The van der Waals surface area contributed by atoms with Gasteiger partial charge in [0.15, 0.2) is 0 Å². The van der Waals surface area contributed by atoms with Gasteiger partial charge in [0.2, 0.25) is 5.91 Å². The van der Waals surface area contributed by atoms with Gasteiger partial charge in [-0.15, -0.1) is 0 Å². The van der Waals surface area contributed by atoms with Crippen LogP contribution >= 0.6 is 0 Å². The first-order valence-electron chi connectivity index (χ1n) is 10.1. The number of nitrogens with one attached hydrogen (secondary N) is 2. The molecule has 0 spiro atoms. The molecule has 30 heavy (non-hydrogen) atoms. The summed E-state index contributed by atoms with van der Waals surface area (Å²) >= 11 is 0. The van der Waals surface area contributed by atoms with E-state index in [0.29, 0.717) is 18.7 Å². The maximum absolute atomic E-state index is 12.5. The zero-order chi connectivity index (χ0) is 21.1. The maximum atomic E-state index is 12.5. The van der Waals surface area contributed by atoms with E-state index in [1.165, 1.54) is 16.3 Å². The quantitative estimate of drug-likeness (QED) is 0.435. The highest BCUT2D eigenvalue weighted by atomic mass is 16.5. The van der Waals surface area contributed by atoms with Gasteiger partial charge in [0.05, 0.1) is 0 Å². The summed E-state index contributed by atoms with van der Waals surface area (Å²) in [4.78, 5) is 26.2. The molecule has 1 aliphatic rings. The van der Waals surface area contributed by atoms with Crippen LogP contribution < -0.4 is 15.7 Å². The number of amides is 2. The predicted molar refractivity (Wildman–Crippen MR) is 117 cm³/mol. The minimum absolute atomic E-state index is 0.0258. The number of carbonyl (C=O) groups is 2. The van der Waals surface area contributed by atoms with Gasteiger partial charge in [0.1, 0.15) is 6.04 Å². The monoisotopic (exact) mass is 403 g/mol. The molecular formula is C24H25N3O3. The van der Waals surface area contributed by atoms with Crippen molar-refractivity contribution in [3.8, 4) is 0 Å². The molecule has 6 heteroatoms. The van der Waals surface area contributed by atoms with E-state index in [1.807, 2.05) is 24.3 Å². The molecule has 154 valence electrons. The van der Waals surface area contributed by atoms with Gasteiger partial charge in [-0.1, -0.05) is 49.4 Å². The molecule has 3 aromatic carbocycles. The Bertz CT molecular complexity index is 1060. The molecule has 2 unspecified atom stereocenters. The van der Waals surface area contributed by atoms with E-state index in [0.717, 1.165) is 12.1 Å². The highest BCUT2D eigenvalue weighted by Gasteiger charge is 2.31. The number of hydrogen-bond acceptors (Lipinski definition) is 4. The third kappa shape index (κ3) is 4.00. The summed E-state index contributed by atoms with van der Waals surface area (Å²) in [7, 11) is 0. The van der Waals surface area contributed by atoms with Crippen LogP contribution in [0.15, 0.2) is 66.7 Å². The molecule has 6 nitrogen and oxygen atoms in total. The van der Waals surface area contributed by atoms with Crippen LogP contribution in [-0.4, -0.2) is 36.2 Å². The second kappa shape index (κ2) is 8.55. The van der Waals surface area contributed by atoms with Gasteiger partial charge in [-0.25, -0.2) is 5.48 Å². The van der Waals surface area contributed by atoms with Crippen LogP contribution in [0, 0.1) is 0 Å². The van der Waals surface area contributed by atoms with Crippen LogP contribution in [0.2, 0.25) is 0 Å². The summed E-state index contributed by atoms with van der Waals surface area (Å²) in [6, 6.07) is 21.5. The van der Waals surface area contributed by atoms with Crippen LogP contribution in [0.5, 0.6) is 0 Å². The highest BCUT2D eigenvalue weighted by molar-refractivity contribution is 5.94. The minimum atomic E-state index is -0.559. The summed E-state index contributed by atoms with van der Waals surface area (Å²) in [5, 5.41) is 14.2. The van der Waals surface area contributed by atoms with Crippen LogP contribution in [-0.2, 0) is 4.79 Å². The zero-order valence-electron chi connectivity index (χ0n) is 16.8. The second-order valence-corrected chi connectivity index (χ2v) is 7.74. The number of nitrogens with zero attached hydrogens (tertiary/aromatic N) is 1. The third-order valence-corrected chi connectivity index (χ3v) is 5.77. The van der Waals surface area contributed by atoms with Gasteiger partial charge >= 0.3 is 0 Å². The lowest BCUT2D eigenvalue weighted by atomic mass is 9.96. The normalized spacial score (nSPS) is 16.9. The molecular weight excluding hydrogens is 378 g/mol. The second-order valence-electron chi connectivity index (χ2n) is 7.74. The largest absolute Gasteiger partial charge is 0.359 e. The van der Waals surface area contributed by atoms with Crippen molar-refractivity contribution in [3.05, 3.63) is 77.9 Å². The number of hydrogen-bond donors (Lipinski definition) is 3. The summed E-state index contributed by atoms with van der Waals surface area (Å²) in [6.07, 6.45) is 0.738. The molecule has 0 aromatic heterocycles. The lowest BCUT2D eigenvalue weighted by Gasteiger charge is -2.32. The van der Waals surface area contributed by atoms with E-state index in [9.17, 15) is 9.59 Å². The summed E-state index contributed by atoms with van der Waals surface area (Å²) in [6.45, 7) is 3.49. The Hall–Kier alpha value is -3.38. The first kappa shape index (κ1) is 19.9. The molecule has 3 aromatic rings. The van der Waals surface area contributed by atoms with Crippen molar-refractivity contribution in [2.75, 3.05) is 18.0 Å². The van der Waals surface area contributed by atoms with E-state index in [4.69, 9.17) is 5.21 Å². The number of rotatable bonds is 6. The molecule has 0 bridgehead atoms. The molecule has 0 radical (unpaired) electrons. The SMILES string of the molecule is CC(CN(c1ccc(C(=O)NO)cc1)C1CCNC1=O)c1ccc2ccccc2c1. The van der Waals surface area contributed by atoms with E-state index < -0.39 is 5.91 Å². The van der Waals surface area contributed by atoms with Gasteiger partial charge in [-0.3, -0.25) is 14.8 Å². The van der Waals surface area contributed by atoms with Crippen molar-refractivity contribution in [2.45, 2.75) is 25.3 Å². The number of carbonyl (C=O) groups excluding carboxylic acids is 2. The molecule has 2 atom stereocenters. The van der Waals surface area contributed by atoms with Gasteiger partial charge in [0.25, 0.3) is 5.91 Å². The average Bonchev–Trinajstić information content (AvgIpc) is 3.22. The van der Waals surface area contributed by atoms with E-state index in [1.54, 1.807) is 17.6 Å². The molecule has 1 fully saturated rings. The first-order chi connectivity index (χ1) is 14.6. The fourth-order valence-electron chi connectivity index (χ4n) is 4.07. The lowest BCUT2D eigenvalue weighted by Crippen LogP contribution is -2.42. The lowest BCUT2D eigenvalue weighted by molar-refractivity contribution is -0.120. The standard InChI is InChI=1S/C24H25N3O3/c1-16(19-7-6-17-4-2-3-5-20(17)14-19)15-27(22-12-13-25-24(22)29)21-10-8-18(9-11-21)23(28)26-30/h2-11,14,16,22,30H,12-13,15H2,1H3,(H,25,29)(H,26,28). The summed E-state index contributed by atoms with van der Waals surface area (Å²) in [5.74, 6) is -0.336. The van der Waals surface area contributed by atoms with Crippen molar-refractivity contribution in [1.82, 2.24) is 10.8 Å². The Morgan fingerprint density at radius 2 is 1.87 bits per heavy atom. The van der Waals surface area contributed by atoms with Gasteiger partial charge < -0.3 is 10.2 Å². The molecule has 1 aliphatic heterocycles. The Labute approximate surface area is 175 Å².